The van der Waals surface area contributed by atoms with Gasteiger partial charge in [-0.3, -0.25) is 0 Å². The highest BCUT2D eigenvalue weighted by molar-refractivity contribution is 6.20. The van der Waals surface area contributed by atoms with Crippen molar-refractivity contribution in [2.45, 2.75) is 38.0 Å². The molecule has 1 fully saturated rings. The summed E-state index contributed by atoms with van der Waals surface area (Å²) in [6.45, 7) is 3.10. The monoisotopic (exact) mass is 252 g/mol. The second-order valence-electron chi connectivity index (χ2n) is 5.02. The Bertz CT molecular complexity index is 325. The molecule has 1 aliphatic carbocycles. The van der Waals surface area contributed by atoms with E-state index < -0.39 is 0 Å². The van der Waals surface area contributed by atoms with Crippen LogP contribution in [0.1, 0.15) is 32.6 Å². The number of alkyl halides is 1. The summed E-state index contributed by atoms with van der Waals surface area (Å²) >= 11 is 6.23. The van der Waals surface area contributed by atoms with E-state index in [0.29, 0.717) is 11.3 Å². The van der Waals surface area contributed by atoms with E-state index in [2.05, 4.69) is 6.92 Å². The van der Waals surface area contributed by atoms with Gasteiger partial charge in [0.2, 0.25) is 0 Å². The summed E-state index contributed by atoms with van der Waals surface area (Å²) in [6, 6.07) is 10.0. The van der Waals surface area contributed by atoms with Crippen LogP contribution in [0.3, 0.4) is 0 Å². The van der Waals surface area contributed by atoms with Crippen molar-refractivity contribution in [1.82, 2.24) is 0 Å². The first-order valence-corrected chi connectivity index (χ1v) is 7.03. The van der Waals surface area contributed by atoms with E-state index in [4.69, 9.17) is 16.3 Å². The van der Waals surface area contributed by atoms with Gasteiger partial charge in [-0.1, -0.05) is 25.1 Å². The van der Waals surface area contributed by atoms with Gasteiger partial charge in [0.05, 0.1) is 6.61 Å². The lowest BCUT2D eigenvalue weighted by atomic mass is 9.93. The fraction of sp³-hybridized carbons (Fsp3) is 0.600. The number of para-hydroxylation sites is 1. The smallest absolute Gasteiger partial charge is 0.119 e. The minimum absolute atomic E-state index is 0.398. The highest BCUT2D eigenvalue weighted by atomic mass is 35.5. The van der Waals surface area contributed by atoms with E-state index in [1.807, 2.05) is 30.3 Å². The molecule has 0 N–H and O–H groups in total. The fourth-order valence-electron chi connectivity index (χ4n) is 2.65. The van der Waals surface area contributed by atoms with E-state index >= 15 is 0 Å². The fourth-order valence-corrected chi connectivity index (χ4v) is 2.99. The molecule has 0 aliphatic heterocycles. The number of benzene rings is 1. The van der Waals surface area contributed by atoms with Crippen molar-refractivity contribution in [2.24, 2.45) is 11.8 Å². The Labute approximate surface area is 109 Å². The molecule has 1 aromatic carbocycles. The summed E-state index contributed by atoms with van der Waals surface area (Å²) < 4.78 is 5.69. The molecule has 2 rings (SSSR count). The second kappa shape index (κ2) is 6.30. The molecule has 0 bridgehead atoms. The molecule has 0 amide bonds. The first-order valence-electron chi connectivity index (χ1n) is 6.59. The summed E-state index contributed by atoms with van der Waals surface area (Å²) in [4.78, 5) is 0. The van der Waals surface area contributed by atoms with Crippen molar-refractivity contribution >= 4 is 11.6 Å². The molecule has 0 spiro atoms. The van der Waals surface area contributed by atoms with E-state index in [9.17, 15) is 0 Å². The van der Waals surface area contributed by atoms with Crippen LogP contribution in [-0.4, -0.2) is 12.0 Å². The molecular formula is C15H21ClO. The minimum atomic E-state index is 0.398. The van der Waals surface area contributed by atoms with Gasteiger partial charge < -0.3 is 4.74 Å². The van der Waals surface area contributed by atoms with Crippen LogP contribution in [-0.2, 0) is 0 Å². The largest absolute Gasteiger partial charge is 0.494 e. The van der Waals surface area contributed by atoms with Crippen molar-refractivity contribution in [3.05, 3.63) is 30.3 Å². The topological polar surface area (TPSA) is 9.23 Å². The molecule has 0 aromatic heterocycles. The quantitative estimate of drug-likeness (QED) is 0.554. The van der Waals surface area contributed by atoms with Gasteiger partial charge in [-0.15, -0.1) is 11.6 Å². The zero-order valence-electron chi connectivity index (χ0n) is 10.4. The van der Waals surface area contributed by atoms with Crippen molar-refractivity contribution in [1.29, 1.82) is 0 Å². The van der Waals surface area contributed by atoms with E-state index in [1.165, 1.54) is 19.3 Å². The predicted molar refractivity (Wildman–Crippen MR) is 72.7 cm³/mol. The molecule has 1 aromatic rings. The number of hydrogen-bond acceptors (Lipinski definition) is 1. The maximum Gasteiger partial charge on any atom is 0.119 e. The predicted octanol–water partition coefficient (Wildman–Crippen LogP) is 4.50. The van der Waals surface area contributed by atoms with E-state index in [0.717, 1.165) is 24.7 Å². The van der Waals surface area contributed by atoms with Gasteiger partial charge in [-0.05, 0) is 49.7 Å². The van der Waals surface area contributed by atoms with Gasteiger partial charge in [0.15, 0.2) is 0 Å². The molecule has 3 atom stereocenters. The number of ether oxygens (including phenoxy) is 1. The second-order valence-corrected chi connectivity index (χ2v) is 5.58. The lowest BCUT2D eigenvalue weighted by Crippen LogP contribution is -2.12. The van der Waals surface area contributed by atoms with Gasteiger partial charge in [0.25, 0.3) is 0 Å². The van der Waals surface area contributed by atoms with Crippen LogP contribution in [0.5, 0.6) is 5.75 Å². The van der Waals surface area contributed by atoms with Gasteiger partial charge in [0.1, 0.15) is 5.75 Å². The van der Waals surface area contributed by atoms with E-state index in [-0.39, 0.29) is 0 Å². The molecule has 3 unspecified atom stereocenters. The third-order valence-electron chi connectivity index (χ3n) is 3.86. The number of rotatable bonds is 5. The zero-order valence-corrected chi connectivity index (χ0v) is 11.2. The Balaban J connectivity index is 1.64. The minimum Gasteiger partial charge on any atom is -0.494 e. The summed E-state index contributed by atoms with van der Waals surface area (Å²) in [5.41, 5.74) is 0. The van der Waals surface area contributed by atoms with Gasteiger partial charge in [-0.2, -0.15) is 0 Å². The Kier molecular flexibility index (Phi) is 4.73. The summed E-state index contributed by atoms with van der Waals surface area (Å²) in [5.74, 6) is 2.45. The molecule has 0 saturated heterocycles. The molecule has 2 heteroatoms. The Morgan fingerprint density at radius 1 is 1.24 bits per heavy atom. The van der Waals surface area contributed by atoms with Gasteiger partial charge in [0, 0.05) is 5.38 Å². The maximum atomic E-state index is 6.23. The highest BCUT2D eigenvalue weighted by Gasteiger charge is 2.30. The normalized spacial score (nSPS) is 28.2. The Morgan fingerprint density at radius 3 is 2.65 bits per heavy atom. The molecule has 1 aliphatic rings. The third-order valence-corrected chi connectivity index (χ3v) is 4.47. The Hall–Kier alpha value is -0.690. The number of hydrogen-bond donors (Lipinski definition) is 0. The van der Waals surface area contributed by atoms with Crippen LogP contribution >= 0.6 is 11.6 Å². The van der Waals surface area contributed by atoms with Crippen LogP contribution < -0.4 is 4.74 Å². The van der Waals surface area contributed by atoms with Crippen molar-refractivity contribution in [2.75, 3.05) is 6.61 Å². The summed E-state index contributed by atoms with van der Waals surface area (Å²) in [5, 5.41) is 0.398. The first-order chi connectivity index (χ1) is 8.27. The molecule has 17 heavy (non-hydrogen) atoms. The van der Waals surface area contributed by atoms with Crippen molar-refractivity contribution < 1.29 is 4.74 Å². The van der Waals surface area contributed by atoms with Gasteiger partial charge in [-0.25, -0.2) is 0 Å². The lowest BCUT2D eigenvalue weighted by molar-refractivity contribution is 0.280. The molecule has 1 saturated carbocycles. The molecular weight excluding hydrogens is 232 g/mol. The maximum absolute atomic E-state index is 6.23. The highest BCUT2D eigenvalue weighted by Crippen LogP contribution is 2.37. The van der Waals surface area contributed by atoms with Crippen LogP contribution in [0, 0.1) is 11.8 Å². The zero-order chi connectivity index (χ0) is 12.1. The molecule has 0 radical (unpaired) electrons. The van der Waals surface area contributed by atoms with Crippen molar-refractivity contribution in [3.8, 4) is 5.75 Å². The standard InChI is InChI=1S/C15H21ClO/c1-12-13(9-10-15(12)16)6-5-11-17-14-7-3-2-4-8-14/h2-4,7-8,12-13,15H,5-6,9-11H2,1H3. The van der Waals surface area contributed by atoms with Crippen LogP contribution in [0.4, 0.5) is 0 Å². The first kappa shape index (κ1) is 12.8. The summed E-state index contributed by atoms with van der Waals surface area (Å²) in [7, 11) is 0. The van der Waals surface area contributed by atoms with Gasteiger partial charge >= 0.3 is 0 Å². The van der Waals surface area contributed by atoms with Crippen molar-refractivity contribution in [3.63, 3.8) is 0 Å². The third kappa shape index (κ3) is 3.64. The summed E-state index contributed by atoms with van der Waals surface area (Å²) in [6.07, 6.45) is 4.86. The lowest BCUT2D eigenvalue weighted by Gasteiger charge is -2.16. The number of halogens is 1. The molecule has 0 heterocycles. The van der Waals surface area contributed by atoms with Crippen LogP contribution in [0.25, 0.3) is 0 Å². The average Bonchev–Trinajstić information content (AvgIpc) is 2.67. The van der Waals surface area contributed by atoms with Crippen LogP contribution in [0.2, 0.25) is 0 Å². The SMILES string of the molecule is CC1C(Cl)CCC1CCCOc1ccccc1. The molecule has 1 nitrogen and oxygen atoms in total. The van der Waals surface area contributed by atoms with Crippen LogP contribution in [0.15, 0.2) is 30.3 Å². The molecule has 94 valence electrons. The average molecular weight is 253 g/mol. The van der Waals surface area contributed by atoms with E-state index in [1.54, 1.807) is 0 Å². The Morgan fingerprint density at radius 2 is 2.00 bits per heavy atom.